The number of carbonyl (C=O) groups excluding carboxylic acids is 3. The molecule has 4 heterocycles. The van der Waals surface area contributed by atoms with Gasteiger partial charge in [-0.3, -0.25) is 19.0 Å². The Morgan fingerprint density at radius 1 is 0.964 bits per heavy atom. The zero-order valence-electron chi connectivity index (χ0n) is 31.3. The average molecular weight is 760 g/mol. The molecule has 2 aliphatic heterocycles. The summed E-state index contributed by atoms with van der Waals surface area (Å²) in [5, 5.41) is 2.50. The maximum absolute atomic E-state index is 15.4. The number of hydrogen-bond donors (Lipinski definition) is 1. The van der Waals surface area contributed by atoms with Crippen molar-refractivity contribution >= 4 is 23.6 Å². The summed E-state index contributed by atoms with van der Waals surface area (Å²) in [6.07, 6.45) is 4.23. The summed E-state index contributed by atoms with van der Waals surface area (Å²) < 4.78 is 42.3. The van der Waals surface area contributed by atoms with Crippen LogP contribution in [0.1, 0.15) is 81.5 Å². The Hall–Kier alpha value is -5.93. The van der Waals surface area contributed by atoms with Gasteiger partial charge in [0.15, 0.2) is 11.6 Å². The van der Waals surface area contributed by atoms with E-state index in [0.717, 1.165) is 29.0 Å². The van der Waals surface area contributed by atoms with E-state index in [0.29, 0.717) is 56.6 Å². The predicted molar refractivity (Wildman–Crippen MR) is 197 cm³/mol. The Balaban J connectivity index is 1.10. The minimum atomic E-state index is -0.930. The second-order valence-electron chi connectivity index (χ2n) is 14.9. The maximum Gasteiger partial charge on any atom is 0.410 e. The van der Waals surface area contributed by atoms with Crippen molar-refractivity contribution in [2.45, 2.75) is 78.5 Å². The van der Waals surface area contributed by atoms with Gasteiger partial charge in [0.1, 0.15) is 23.3 Å². The number of amides is 3. The van der Waals surface area contributed by atoms with Crippen LogP contribution >= 0.6 is 0 Å². The fourth-order valence-electron chi connectivity index (χ4n) is 6.53. The fraction of sp³-hybridized carbons (Fsp3) is 0.410. The maximum atomic E-state index is 15.4. The lowest BCUT2D eigenvalue weighted by Crippen LogP contribution is -2.43. The number of piperidine rings is 1. The molecule has 0 radical (unpaired) electrons. The van der Waals surface area contributed by atoms with E-state index in [2.05, 4.69) is 15.3 Å². The fourth-order valence-corrected chi connectivity index (χ4v) is 6.53. The second kappa shape index (κ2) is 15.8. The largest absolute Gasteiger partial charge is 0.444 e. The summed E-state index contributed by atoms with van der Waals surface area (Å²) in [4.78, 5) is 77.6. The van der Waals surface area contributed by atoms with E-state index >= 15 is 4.39 Å². The molecule has 2 aromatic heterocycles. The van der Waals surface area contributed by atoms with Crippen LogP contribution in [0.3, 0.4) is 0 Å². The first kappa shape index (κ1) is 38.8. The van der Waals surface area contributed by atoms with Gasteiger partial charge in [-0.05, 0) is 96.2 Å². The molecule has 1 saturated heterocycles. The van der Waals surface area contributed by atoms with E-state index in [-0.39, 0.29) is 53.0 Å². The highest BCUT2D eigenvalue weighted by Gasteiger charge is 2.31. The molecule has 14 nitrogen and oxygen atoms in total. The zero-order chi connectivity index (χ0) is 39.6. The number of aromatic nitrogens is 4. The Morgan fingerprint density at radius 3 is 2.33 bits per heavy atom. The number of hydrogen-bond acceptors (Lipinski definition) is 9. The topological polar surface area (TPSA) is 158 Å². The van der Waals surface area contributed by atoms with Gasteiger partial charge in [-0.15, -0.1) is 0 Å². The summed E-state index contributed by atoms with van der Waals surface area (Å²) in [7, 11) is 0. The van der Waals surface area contributed by atoms with Crippen molar-refractivity contribution in [3.63, 3.8) is 0 Å². The summed E-state index contributed by atoms with van der Waals surface area (Å²) in [5.74, 6) is -2.19. The summed E-state index contributed by atoms with van der Waals surface area (Å²) in [6.45, 7) is 10.6. The minimum Gasteiger partial charge on any atom is -0.444 e. The number of carbonyl (C=O) groups is 3. The van der Waals surface area contributed by atoms with Gasteiger partial charge in [0.05, 0.1) is 17.9 Å². The SMILES string of the molecule is CC(C)n1cc(C(=O)Nc2ccc(Oc3ncnc4c3CCN(C(=O)CC3CCN(C(=O)OC(C)(C)C)CC3)C4)c(F)c2)c(=O)n(-c2ccc(F)cc2)c1=O. The molecule has 0 aliphatic carbocycles. The molecule has 6 rings (SSSR count). The van der Waals surface area contributed by atoms with Gasteiger partial charge in [-0.2, -0.15) is 0 Å². The van der Waals surface area contributed by atoms with Crippen LogP contribution in [0.25, 0.3) is 5.69 Å². The Kier molecular flexibility index (Phi) is 11.2. The smallest absolute Gasteiger partial charge is 0.410 e. The van der Waals surface area contributed by atoms with Crippen molar-refractivity contribution in [3.05, 3.63) is 104 Å². The van der Waals surface area contributed by atoms with Crippen molar-refractivity contribution in [3.8, 4) is 17.3 Å². The average Bonchev–Trinajstić information content (AvgIpc) is 3.13. The van der Waals surface area contributed by atoms with Gasteiger partial charge < -0.3 is 24.6 Å². The molecule has 55 heavy (non-hydrogen) atoms. The van der Waals surface area contributed by atoms with Crippen molar-refractivity contribution in [2.24, 2.45) is 5.92 Å². The monoisotopic (exact) mass is 759 g/mol. The number of likely N-dealkylation sites (tertiary alicyclic amines) is 1. The van der Waals surface area contributed by atoms with Crippen molar-refractivity contribution in [2.75, 3.05) is 25.0 Å². The van der Waals surface area contributed by atoms with Gasteiger partial charge in [-0.1, -0.05) is 0 Å². The molecule has 1 fully saturated rings. The van der Waals surface area contributed by atoms with E-state index < -0.39 is 40.4 Å². The minimum absolute atomic E-state index is 0.0107. The van der Waals surface area contributed by atoms with Gasteiger partial charge in [0.2, 0.25) is 11.8 Å². The van der Waals surface area contributed by atoms with E-state index in [9.17, 15) is 28.4 Å². The summed E-state index contributed by atoms with van der Waals surface area (Å²) in [5.41, 5.74) is -1.28. The van der Waals surface area contributed by atoms with E-state index in [4.69, 9.17) is 9.47 Å². The van der Waals surface area contributed by atoms with Gasteiger partial charge in [0, 0.05) is 55.6 Å². The van der Waals surface area contributed by atoms with Crippen LogP contribution in [0, 0.1) is 17.6 Å². The third-order valence-electron chi connectivity index (χ3n) is 9.45. The van der Waals surface area contributed by atoms with Gasteiger partial charge in [-0.25, -0.2) is 32.9 Å². The molecule has 0 spiro atoms. The molecule has 1 N–H and O–H groups in total. The molecule has 0 unspecified atom stereocenters. The molecule has 0 saturated carbocycles. The third kappa shape index (κ3) is 8.90. The van der Waals surface area contributed by atoms with E-state index in [1.165, 1.54) is 35.2 Å². The number of rotatable bonds is 8. The number of ether oxygens (including phenoxy) is 2. The van der Waals surface area contributed by atoms with Crippen LogP contribution in [-0.2, 0) is 22.5 Å². The highest BCUT2D eigenvalue weighted by Crippen LogP contribution is 2.32. The number of nitrogens with one attached hydrogen (secondary N) is 1. The number of nitrogens with zero attached hydrogens (tertiary/aromatic N) is 6. The first-order chi connectivity index (χ1) is 26.1. The zero-order valence-corrected chi connectivity index (χ0v) is 31.3. The van der Waals surface area contributed by atoms with Gasteiger partial charge >= 0.3 is 11.8 Å². The Bertz CT molecular complexity index is 2220. The molecule has 16 heteroatoms. The van der Waals surface area contributed by atoms with Crippen LogP contribution in [-0.4, -0.2) is 72.0 Å². The lowest BCUT2D eigenvalue weighted by Gasteiger charge is -2.34. The highest BCUT2D eigenvalue weighted by molar-refractivity contribution is 6.03. The van der Waals surface area contributed by atoms with E-state index in [1.807, 2.05) is 20.8 Å². The highest BCUT2D eigenvalue weighted by atomic mass is 19.1. The second-order valence-corrected chi connectivity index (χ2v) is 14.9. The van der Waals surface area contributed by atoms with E-state index in [1.54, 1.807) is 23.6 Å². The molecule has 4 aromatic rings. The first-order valence-electron chi connectivity index (χ1n) is 18.1. The molecule has 290 valence electrons. The van der Waals surface area contributed by atoms with Crippen molar-refractivity contribution < 1.29 is 32.6 Å². The molecular weight excluding hydrogens is 716 g/mol. The quantitative estimate of drug-likeness (QED) is 0.241. The molecular formula is C39H43F2N7O7. The van der Waals surface area contributed by atoms with Crippen LogP contribution in [0.15, 0.2) is 64.6 Å². The first-order valence-corrected chi connectivity index (χ1v) is 18.1. The third-order valence-corrected chi connectivity index (χ3v) is 9.45. The molecule has 0 atom stereocenters. The standard InChI is InChI=1S/C39H43F2N7O7/c1-23(2)47-20-29(36(51)48(37(47)52)27-9-6-25(40)7-10-27)34(50)44-26-8-11-32(30(41)19-26)54-35-28-14-17-46(21-31(28)42-22-43-35)33(49)18-24-12-15-45(16-13-24)38(53)55-39(3,4)5/h6-11,19-20,22-24H,12-18,21H2,1-5H3,(H,44,50). The summed E-state index contributed by atoms with van der Waals surface area (Å²) in [6, 6.07) is 7.98. The molecule has 3 amide bonds. The molecule has 2 aliphatic rings. The number of anilines is 1. The Morgan fingerprint density at radius 2 is 1.67 bits per heavy atom. The lowest BCUT2D eigenvalue weighted by atomic mass is 9.92. The van der Waals surface area contributed by atoms with Crippen LogP contribution < -0.4 is 21.3 Å². The number of fused-ring (bicyclic) bond motifs is 1. The molecule has 2 aromatic carbocycles. The van der Waals surface area contributed by atoms with Crippen LogP contribution in [0.2, 0.25) is 0 Å². The van der Waals surface area contributed by atoms with Crippen LogP contribution in [0.5, 0.6) is 11.6 Å². The van der Waals surface area contributed by atoms with Crippen LogP contribution in [0.4, 0.5) is 19.3 Å². The number of benzene rings is 2. The normalized spacial score (nSPS) is 14.8. The van der Waals surface area contributed by atoms with Crippen molar-refractivity contribution in [1.29, 1.82) is 0 Å². The van der Waals surface area contributed by atoms with Crippen molar-refractivity contribution in [1.82, 2.24) is 28.9 Å². The molecule has 0 bridgehead atoms. The summed E-state index contributed by atoms with van der Waals surface area (Å²) >= 11 is 0. The number of halogens is 2. The van der Waals surface area contributed by atoms with Gasteiger partial charge in [0.25, 0.3) is 11.5 Å². The Labute approximate surface area is 315 Å². The lowest BCUT2D eigenvalue weighted by molar-refractivity contribution is -0.133. The predicted octanol–water partition coefficient (Wildman–Crippen LogP) is 5.61.